The van der Waals surface area contributed by atoms with Crippen molar-refractivity contribution in [3.8, 4) is 0 Å². The number of benzene rings is 2. The molecule has 1 heterocycles. The summed E-state index contributed by atoms with van der Waals surface area (Å²) in [5, 5.41) is 17.1. The standard InChI is InChI=1S/C20H23N5O4/c1-3-24-17-7-5-4-6-16(17)23-19(24)13-22-20(26)14-8-9-15(21-10-11-29-2)18(12-14)25(27)28/h4-9,12,21H,3,10-11,13H2,1-2H3,(H,22,26). The van der Waals surface area contributed by atoms with Crippen molar-refractivity contribution in [3.63, 3.8) is 0 Å². The van der Waals surface area contributed by atoms with Gasteiger partial charge < -0.3 is 19.9 Å². The molecular weight excluding hydrogens is 374 g/mol. The first-order valence-electron chi connectivity index (χ1n) is 9.28. The topological polar surface area (TPSA) is 111 Å². The fourth-order valence-electron chi connectivity index (χ4n) is 3.14. The van der Waals surface area contributed by atoms with Crippen LogP contribution in [0.4, 0.5) is 11.4 Å². The van der Waals surface area contributed by atoms with Crippen molar-refractivity contribution in [3.05, 3.63) is 64.0 Å². The predicted molar refractivity (Wildman–Crippen MR) is 110 cm³/mol. The van der Waals surface area contributed by atoms with Crippen LogP contribution in [-0.4, -0.2) is 40.6 Å². The minimum Gasteiger partial charge on any atom is -0.383 e. The Morgan fingerprint density at radius 1 is 1.28 bits per heavy atom. The number of nitro groups is 1. The number of nitrogens with one attached hydrogen (secondary N) is 2. The summed E-state index contributed by atoms with van der Waals surface area (Å²) in [5.74, 6) is 0.334. The average Bonchev–Trinajstić information content (AvgIpc) is 3.09. The molecular formula is C20H23N5O4. The number of hydrogen-bond acceptors (Lipinski definition) is 6. The molecule has 0 saturated carbocycles. The zero-order chi connectivity index (χ0) is 20.8. The third kappa shape index (κ3) is 4.52. The van der Waals surface area contributed by atoms with Crippen molar-refractivity contribution in [2.24, 2.45) is 0 Å². The van der Waals surface area contributed by atoms with Gasteiger partial charge in [-0.3, -0.25) is 14.9 Å². The van der Waals surface area contributed by atoms with Crippen LogP contribution in [0.2, 0.25) is 0 Å². The molecule has 9 heteroatoms. The molecule has 0 atom stereocenters. The summed E-state index contributed by atoms with van der Waals surface area (Å²) in [6.07, 6.45) is 0. The van der Waals surface area contributed by atoms with Crippen molar-refractivity contribution < 1.29 is 14.5 Å². The van der Waals surface area contributed by atoms with Crippen molar-refractivity contribution in [2.45, 2.75) is 20.0 Å². The number of anilines is 1. The Balaban J connectivity index is 1.75. The van der Waals surface area contributed by atoms with E-state index in [1.807, 2.05) is 35.8 Å². The van der Waals surface area contributed by atoms with E-state index in [0.29, 0.717) is 18.8 Å². The summed E-state index contributed by atoms with van der Waals surface area (Å²) in [7, 11) is 1.55. The van der Waals surface area contributed by atoms with Gasteiger partial charge in [0.15, 0.2) is 0 Å². The molecule has 0 aliphatic heterocycles. The quantitative estimate of drug-likeness (QED) is 0.326. The lowest BCUT2D eigenvalue weighted by Gasteiger charge is -2.10. The second-order valence-corrected chi connectivity index (χ2v) is 6.35. The molecule has 1 amide bonds. The molecule has 3 rings (SSSR count). The number of amides is 1. The third-order valence-electron chi connectivity index (χ3n) is 4.54. The van der Waals surface area contributed by atoms with Crippen LogP contribution >= 0.6 is 0 Å². The number of aryl methyl sites for hydroxylation is 1. The van der Waals surface area contributed by atoms with Crippen LogP contribution in [0.3, 0.4) is 0 Å². The van der Waals surface area contributed by atoms with Crippen LogP contribution in [0, 0.1) is 10.1 Å². The Labute approximate surface area is 167 Å². The summed E-state index contributed by atoms with van der Waals surface area (Å²) in [6.45, 7) is 3.80. The van der Waals surface area contributed by atoms with Crippen LogP contribution in [0.5, 0.6) is 0 Å². The van der Waals surface area contributed by atoms with Gasteiger partial charge in [0.2, 0.25) is 0 Å². The maximum absolute atomic E-state index is 12.6. The molecule has 3 aromatic rings. The predicted octanol–water partition coefficient (Wildman–Crippen LogP) is 2.95. The third-order valence-corrected chi connectivity index (χ3v) is 4.54. The van der Waals surface area contributed by atoms with Gasteiger partial charge in [-0.2, -0.15) is 0 Å². The number of nitrogens with zero attached hydrogens (tertiary/aromatic N) is 3. The van der Waals surface area contributed by atoms with Crippen molar-refractivity contribution in [1.82, 2.24) is 14.9 Å². The van der Waals surface area contributed by atoms with Gasteiger partial charge in [0.25, 0.3) is 11.6 Å². The monoisotopic (exact) mass is 397 g/mol. The van der Waals surface area contributed by atoms with Gasteiger partial charge in [0.1, 0.15) is 11.5 Å². The van der Waals surface area contributed by atoms with Gasteiger partial charge in [0.05, 0.1) is 29.1 Å². The molecule has 152 valence electrons. The zero-order valence-corrected chi connectivity index (χ0v) is 16.3. The molecule has 9 nitrogen and oxygen atoms in total. The van der Waals surface area contributed by atoms with Gasteiger partial charge in [-0.05, 0) is 31.2 Å². The molecule has 0 saturated heterocycles. The van der Waals surface area contributed by atoms with Gasteiger partial charge in [-0.15, -0.1) is 0 Å². The molecule has 0 bridgehead atoms. The Morgan fingerprint density at radius 3 is 2.79 bits per heavy atom. The summed E-state index contributed by atoms with van der Waals surface area (Å²) in [4.78, 5) is 28.0. The van der Waals surface area contributed by atoms with E-state index in [-0.39, 0.29) is 17.8 Å². The SMILES string of the molecule is CCn1c(CNC(=O)c2ccc(NCCOC)c([N+](=O)[O-])c2)nc2ccccc21. The number of carbonyl (C=O) groups is 1. The lowest BCUT2D eigenvalue weighted by molar-refractivity contribution is -0.384. The highest BCUT2D eigenvalue weighted by Gasteiger charge is 2.18. The van der Waals surface area contributed by atoms with Gasteiger partial charge in [-0.25, -0.2) is 4.98 Å². The van der Waals surface area contributed by atoms with E-state index >= 15 is 0 Å². The van der Waals surface area contributed by atoms with Crippen LogP contribution in [0.25, 0.3) is 11.0 Å². The van der Waals surface area contributed by atoms with E-state index in [4.69, 9.17) is 4.74 Å². The van der Waals surface area contributed by atoms with Gasteiger partial charge in [0, 0.05) is 31.8 Å². The fraction of sp³-hybridized carbons (Fsp3) is 0.300. The number of methoxy groups -OCH3 is 1. The minimum atomic E-state index is -0.511. The lowest BCUT2D eigenvalue weighted by atomic mass is 10.1. The van der Waals surface area contributed by atoms with Crippen LogP contribution in [0.1, 0.15) is 23.1 Å². The van der Waals surface area contributed by atoms with Crippen LogP contribution < -0.4 is 10.6 Å². The summed E-state index contributed by atoms with van der Waals surface area (Å²) in [6, 6.07) is 12.1. The number of aromatic nitrogens is 2. The Kier molecular flexibility index (Phi) is 6.40. The highest BCUT2D eigenvalue weighted by Crippen LogP contribution is 2.25. The molecule has 2 aromatic carbocycles. The summed E-state index contributed by atoms with van der Waals surface area (Å²) in [5.41, 5.74) is 2.26. The molecule has 1 aromatic heterocycles. The van der Waals surface area contributed by atoms with E-state index in [1.165, 1.54) is 12.1 Å². The number of hydrogen-bond donors (Lipinski definition) is 2. The van der Waals surface area contributed by atoms with Gasteiger partial charge in [-0.1, -0.05) is 12.1 Å². The highest BCUT2D eigenvalue weighted by atomic mass is 16.6. The number of carbonyl (C=O) groups excluding carboxylic acids is 1. The first kappa shape index (κ1) is 20.3. The van der Waals surface area contributed by atoms with E-state index in [9.17, 15) is 14.9 Å². The van der Waals surface area contributed by atoms with Crippen LogP contribution in [0.15, 0.2) is 42.5 Å². The molecule has 0 radical (unpaired) electrons. The summed E-state index contributed by atoms with van der Waals surface area (Å²) >= 11 is 0. The first-order valence-corrected chi connectivity index (χ1v) is 9.28. The summed E-state index contributed by atoms with van der Waals surface area (Å²) < 4.78 is 6.96. The maximum Gasteiger partial charge on any atom is 0.293 e. The number of nitro benzene ring substituents is 1. The molecule has 29 heavy (non-hydrogen) atoms. The van der Waals surface area contributed by atoms with E-state index < -0.39 is 10.8 Å². The number of rotatable bonds is 9. The van der Waals surface area contributed by atoms with E-state index in [2.05, 4.69) is 15.6 Å². The normalized spacial score (nSPS) is 10.8. The Morgan fingerprint density at radius 2 is 2.07 bits per heavy atom. The second kappa shape index (κ2) is 9.16. The molecule has 0 aliphatic carbocycles. The Hall–Kier alpha value is -3.46. The molecule has 2 N–H and O–H groups in total. The zero-order valence-electron chi connectivity index (χ0n) is 16.3. The first-order chi connectivity index (χ1) is 14.0. The molecule has 0 aliphatic rings. The smallest absolute Gasteiger partial charge is 0.293 e. The number of ether oxygens (including phenoxy) is 1. The van der Waals surface area contributed by atoms with E-state index in [0.717, 1.165) is 23.4 Å². The average molecular weight is 397 g/mol. The molecule has 0 spiro atoms. The molecule has 0 fully saturated rings. The van der Waals surface area contributed by atoms with Gasteiger partial charge >= 0.3 is 0 Å². The number of fused-ring (bicyclic) bond motifs is 1. The van der Waals surface area contributed by atoms with Crippen molar-refractivity contribution in [1.29, 1.82) is 0 Å². The number of para-hydroxylation sites is 2. The second-order valence-electron chi connectivity index (χ2n) is 6.35. The fourth-order valence-corrected chi connectivity index (χ4v) is 3.14. The maximum atomic E-state index is 12.6. The lowest BCUT2D eigenvalue weighted by Crippen LogP contribution is -2.25. The highest BCUT2D eigenvalue weighted by molar-refractivity contribution is 5.95. The number of imidazole rings is 1. The minimum absolute atomic E-state index is 0.158. The van der Waals surface area contributed by atoms with Crippen LogP contribution in [-0.2, 0) is 17.8 Å². The Bertz CT molecular complexity index is 1030. The molecule has 0 unspecified atom stereocenters. The van der Waals surface area contributed by atoms with Crippen molar-refractivity contribution in [2.75, 3.05) is 25.6 Å². The van der Waals surface area contributed by atoms with Crippen molar-refractivity contribution >= 4 is 28.3 Å². The largest absolute Gasteiger partial charge is 0.383 e. The van der Waals surface area contributed by atoms with E-state index in [1.54, 1.807) is 13.2 Å².